The van der Waals surface area contributed by atoms with E-state index in [-0.39, 0.29) is 23.7 Å². The number of methoxy groups -OCH3 is 2. The van der Waals surface area contributed by atoms with Gasteiger partial charge in [0, 0.05) is 36.7 Å². The number of nitrogens with one attached hydrogen (secondary N) is 1. The molecule has 0 heterocycles. The molecule has 144 valence electrons. The number of rotatable bonds is 7. The fourth-order valence-electron chi connectivity index (χ4n) is 3.55. The maximum atomic E-state index is 12.6. The van der Waals surface area contributed by atoms with Crippen molar-refractivity contribution in [1.29, 1.82) is 0 Å². The van der Waals surface area contributed by atoms with Crippen molar-refractivity contribution < 1.29 is 19.1 Å². The fourth-order valence-corrected chi connectivity index (χ4v) is 3.55. The fraction of sp³-hybridized carbons (Fsp3) is 0.600. The van der Waals surface area contributed by atoms with E-state index < -0.39 is 0 Å². The van der Waals surface area contributed by atoms with E-state index in [1.165, 1.54) is 0 Å². The van der Waals surface area contributed by atoms with Gasteiger partial charge in [-0.05, 0) is 51.7 Å². The molecular formula is C20H30N2O4. The summed E-state index contributed by atoms with van der Waals surface area (Å²) < 4.78 is 10.5. The molecule has 1 saturated carbocycles. The molecule has 0 saturated heterocycles. The zero-order valence-corrected chi connectivity index (χ0v) is 16.2. The third-order valence-electron chi connectivity index (χ3n) is 5.17. The maximum absolute atomic E-state index is 12.6. The van der Waals surface area contributed by atoms with Gasteiger partial charge in [0.05, 0.1) is 14.2 Å². The Balaban J connectivity index is 1.91. The van der Waals surface area contributed by atoms with E-state index in [1.54, 1.807) is 32.4 Å². The molecule has 1 aromatic rings. The van der Waals surface area contributed by atoms with Crippen LogP contribution in [-0.4, -0.2) is 44.0 Å². The zero-order valence-electron chi connectivity index (χ0n) is 16.2. The first-order valence-corrected chi connectivity index (χ1v) is 9.35. The predicted molar refractivity (Wildman–Crippen MR) is 102 cm³/mol. The lowest BCUT2D eigenvalue weighted by molar-refractivity contribution is -0.137. The van der Waals surface area contributed by atoms with Gasteiger partial charge in [-0.2, -0.15) is 0 Å². The summed E-state index contributed by atoms with van der Waals surface area (Å²) in [6, 6.07) is 5.33. The summed E-state index contributed by atoms with van der Waals surface area (Å²) in [5.41, 5.74) is 0.689. The molecule has 0 unspecified atom stereocenters. The highest BCUT2D eigenvalue weighted by Crippen LogP contribution is 2.33. The first-order valence-electron chi connectivity index (χ1n) is 9.35. The van der Waals surface area contributed by atoms with Crippen LogP contribution in [0, 0.1) is 11.8 Å². The lowest BCUT2D eigenvalue weighted by atomic mass is 9.81. The number of ether oxygens (including phenoxy) is 2. The quantitative estimate of drug-likeness (QED) is 0.808. The molecule has 6 nitrogen and oxygen atoms in total. The number of hydrogen-bond acceptors (Lipinski definition) is 4. The Bertz CT molecular complexity index is 620. The topological polar surface area (TPSA) is 67.9 Å². The number of nitrogens with zero attached hydrogens (tertiary/aromatic N) is 1. The van der Waals surface area contributed by atoms with Crippen LogP contribution in [-0.2, 0) is 9.59 Å². The number of carbonyl (C=O) groups excluding carboxylic acids is 2. The molecule has 0 aromatic heterocycles. The van der Waals surface area contributed by atoms with E-state index in [1.807, 2.05) is 18.7 Å². The largest absolute Gasteiger partial charge is 0.493 e. The third-order valence-corrected chi connectivity index (χ3v) is 5.17. The highest BCUT2D eigenvalue weighted by Gasteiger charge is 2.31. The predicted octanol–water partition coefficient (Wildman–Crippen LogP) is 3.32. The highest BCUT2D eigenvalue weighted by molar-refractivity contribution is 5.93. The number of anilines is 1. The zero-order chi connectivity index (χ0) is 19.1. The molecule has 0 aliphatic heterocycles. The summed E-state index contributed by atoms with van der Waals surface area (Å²) in [6.45, 7) is 5.50. The second kappa shape index (κ2) is 9.46. The average molecular weight is 362 g/mol. The van der Waals surface area contributed by atoms with E-state index in [2.05, 4.69) is 5.32 Å². The van der Waals surface area contributed by atoms with Gasteiger partial charge in [0.25, 0.3) is 0 Å². The summed E-state index contributed by atoms with van der Waals surface area (Å²) in [5.74, 6) is 1.45. The first kappa shape index (κ1) is 20.1. The second-order valence-corrected chi connectivity index (χ2v) is 6.62. The third kappa shape index (κ3) is 4.68. The van der Waals surface area contributed by atoms with E-state index in [0.717, 1.165) is 38.8 Å². The Morgan fingerprint density at radius 3 is 2.12 bits per heavy atom. The molecule has 2 rings (SSSR count). The Morgan fingerprint density at radius 1 is 1.00 bits per heavy atom. The molecule has 0 spiro atoms. The van der Waals surface area contributed by atoms with Crippen LogP contribution in [0.1, 0.15) is 39.5 Å². The van der Waals surface area contributed by atoms with Crippen LogP contribution in [0.5, 0.6) is 11.5 Å². The standard InChI is InChI=1S/C20H30N2O4/c1-5-22(6-2)20(24)15-9-7-14(8-10-15)19(23)21-16-11-12-17(25-3)18(13-16)26-4/h11-15H,5-10H2,1-4H3,(H,21,23). The summed E-state index contributed by atoms with van der Waals surface area (Å²) in [4.78, 5) is 26.9. The molecule has 1 fully saturated rings. The minimum atomic E-state index is -0.0520. The molecular weight excluding hydrogens is 332 g/mol. The minimum absolute atomic E-state index is 0.00552. The lowest BCUT2D eigenvalue weighted by Crippen LogP contribution is -2.38. The van der Waals surface area contributed by atoms with Gasteiger partial charge in [-0.15, -0.1) is 0 Å². The van der Waals surface area contributed by atoms with Crippen LogP contribution in [0.2, 0.25) is 0 Å². The number of benzene rings is 1. The van der Waals surface area contributed by atoms with Gasteiger partial charge in [-0.25, -0.2) is 0 Å². The van der Waals surface area contributed by atoms with Crippen molar-refractivity contribution in [1.82, 2.24) is 4.90 Å². The van der Waals surface area contributed by atoms with Gasteiger partial charge < -0.3 is 19.7 Å². The molecule has 0 radical (unpaired) electrons. The summed E-state index contributed by atoms with van der Waals surface area (Å²) >= 11 is 0. The Labute approximate surface area is 155 Å². The molecule has 1 N–H and O–H groups in total. The summed E-state index contributed by atoms with van der Waals surface area (Å²) in [7, 11) is 3.14. The van der Waals surface area contributed by atoms with Gasteiger partial charge in [0.15, 0.2) is 11.5 Å². The monoisotopic (exact) mass is 362 g/mol. The molecule has 6 heteroatoms. The van der Waals surface area contributed by atoms with Crippen LogP contribution < -0.4 is 14.8 Å². The van der Waals surface area contributed by atoms with Crippen molar-refractivity contribution in [3.8, 4) is 11.5 Å². The normalized spacial score (nSPS) is 19.5. The SMILES string of the molecule is CCN(CC)C(=O)C1CCC(C(=O)Nc2ccc(OC)c(OC)c2)CC1. The van der Waals surface area contributed by atoms with Crippen molar-refractivity contribution in [3.63, 3.8) is 0 Å². The van der Waals surface area contributed by atoms with Gasteiger partial charge in [-0.1, -0.05) is 0 Å². The first-order chi connectivity index (χ1) is 12.5. The van der Waals surface area contributed by atoms with Crippen molar-refractivity contribution in [2.24, 2.45) is 11.8 Å². The van der Waals surface area contributed by atoms with E-state index >= 15 is 0 Å². The number of amides is 2. The Kier molecular flexibility index (Phi) is 7.30. The second-order valence-electron chi connectivity index (χ2n) is 6.62. The van der Waals surface area contributed by atoms with Gasteiger partial charge in [0.1, 0.15) is 0 Å². The van der Waals surface area contributed by atoms with Crippen molar-refractivity contribution in [2.75, 3.05) is 32.6 Å². The summed E-state index contributed by atoms with van der Waals surface area (Å²) in [6.07, 6.45) is 3.05. The summed E-state index contributed by atoms with van der Waals surface area (Å²) in [5, 5.41) is 2.96. The van der Waals surface area contributed by atoms with Gasteiger partial charge in [-0.3, -0.25) is 9.59 Å². The van der Waals surface area contributed by atoms with Crippen LogP contribution in [0.25, 0.3) is 0 Å². The van der Waals surface area contributed by atoms with Crippen LogP contribution >= 0.6 is 0 Å². The van der Waals surface area contributed by atoms with E-state index in [0.29, 0.717) is 17.2 Å². The molecule has 0 atom stereocenters. The van der Waals surface area contributed by atoms with Crippen LogP contribution in [0.15, 0.2) is 18.2 Å². The van der Waals surface area contributed by atoms with Crippen molar-refractivity contribution in [2.45, 2.75) is 39.5 Å². The van der Waals surface area contributed by atoms with Crippen molar-refractivity contribution in [3.05, 3.63) is 18.2 Å². The lowest BCUT2D eigenvalue weighted by Gasteiger charge is -2.30. The molecule has 0 bridgehead atoms. The maximum Gasteiger partial charge on any atom is 0.227 e. The van der Waals surface area contributed by atoms with Gasteiger partial charge >= 0.3 is 0 Å². The Morgan fingerprint density at radius 2 is 1.58 bits per heavy atom. The minimum Gasteiger partial charge on any atom is -0.493 e. The molecule has 26 heavy (non-hydrogen) atoms. The molecule has 1 aromatic carbocycles. The van der Waals surface area contributed by atoms with Crippen LogP contribution in [0.3, 0.4) is 0 Å². The smallest absolute Gasteiger partial charge is 0.227 e. The van der Waals surface area contributed by atoms with E-state index in [4.69, 9.17) is 9.47 Å². The van der Waals surface area contributed by atoms with Gasteiger partial charge in [0.2, 0.25) is 11.8 Å². The molecule has 1 aliphatic rings. The van der Waals surface area contributed by atoms with Crippen LogP contribution in [0.4, 0.5) is 5.69 Å². The average Bonchev–Trinajstić information content (AvgIpc) is 2.68. The molecule has 1 aliphatic carbocycles. The van der Waals surface area contributed by atoms with Crippen molar-refractivity contribution >= 4 is 17.5 Å². The number of hydrogen-bond donors (Lipinski definition) is 1. The molecule has 2 amide bonds. The highest BCUT2D eigenvalue weighted by atomic mass is 16.5. The Hall–Kier alpha value is -2.24. The number of carbonyl (C=O) groups is 2. The van der Waals surface area contributed by atoms with E-state index in [9.17, 15) is 9.59 Å².